The molecule has 0 bridgehead atoms. The molecule has 1 heterocycles. The molecule has 1 saturated heterocycles. The number of halogens is 3. The van der Waals surface area contributed by atoms with Gasteiger partial charge in [0, 0.05) is 15.1 Å². The van der Waals surface area contributed by atoms with Crippen molar-refractivity contribution in [3.05, 3.63) is 69.2 Å². The molecular weight excluding hydrogens is 419 g/mol. The van der Waals surface area contributed by atoms with Gasteiger partial charge in [-0.2, -0.15) is 0 Å². The zero-order valence-electron chi connectivity index (χ0n) is 11.1. The van der Waals surface area contributed by atoms with E-state index in [1.807, 2.05) is 48.5 Å². The van der Waals surface area contributed by atoms with Crippen LogP contribution in [0.4, 0.5) is 0 Å². The average molecular weight is 433 g/mol. The summed E-state index contributed by atoms with van der Waals surface area (Å²) in [5.41, 5.74) is 2.07. The maximum absolute atomic E-state index is 6.22. The summed E-state index contributed by atoms with van der Waals surface area (Å²) in [6.45, 7) is 0.517. The molecule has 0 radical (unpaired) electrons. The minimum absolute atomic E-state index is 0.0940. The second-order valence-corrected chi connectivity index (χ2v) is 6.78. The fourth-order valence-electron chi connectivity index (χ4n) is 2.35. The Morgan fingerprint density at radius 3 is 2.38 bits per heavy atom. The number of alkyl halides is 1. The largest absolute Gasteiger partial charge is 0.342 e. The highest BCUT2D eigenvalue weighted by molar-refractivity contribution is 9.10. The Morgan fingerprint density at radius 1 is 1.10 bits per heavy atom. The molecule has 21 heavy (non-hydrogen) atoms. The third-order valence-electron chi connectivity index (χ3n) is 3.50. The second-order valence-electron chi connectivity index (χ2n) is 4.86. The van der Waals surface area contributed by atoms with Crippen LogP contribution in [0.2, 0.25) is 5.02 Å². The quantitative estimate of drug-likeness (QED) is 0.602. The second kappa shape index (κ2) is 6.39. The molecule has 0 aromatic heterocycles. The number of ether oxygens (including phenoxy) is 2. The van der Waals surface area contributed by atoms with Gasteiger partial charge >= 0.3 is 0 Å². The van der Waals surface area contributed by atoms with E-state index in [1.165, 1.54) is 0 Å². The lowest BCUT2D eigenvalue weighted by molar-refractivity contribution is -0.157. The Morgan fingerprint density at radius 2 is 1.76 bits per heavy atom. The predicted molar refractivity (Wildman–Crippen MR) is 90.8 cm³/mol. The monoisotopic (exact) mass is 430 g/mol. The van der Waals surface area contributed by atoms with Gasteiger partial charge in [0.1, 0.15) is 6.10 Å². The number of benzene rings is 2. The molecule has 0 spiro atoms. The van der Waals surface area contributed by atoms with Gasteiger partial charge in [-0.1, -0.05) is 67.7 Å². The first-order valence-corrected chi connectivity index (χ1v) is 8.81. The zero-order valence-corrected chi connectivity index (χ0v) is 15.0. The molecule has 2 nitrogen and oxygen atoms in total. The van der Waals surface area contributed by atoms with Crippen LogP contribution in [0, 0.1) is 0 Å². The summed E-state index contributed by atoms with van der Waals surface area (Å²) >= 11 is 12.9. The Labute approximate surface area is 145 Å². The SMILES string of the molecule is Clc1ccc([C@H]2CO[C@@](CBr)(c3ccc(Br)cc3)O2)cc1. The Hall–Kier alpha value is -0.390. The van der Waals surface area contributed by atoms with Crippen molar-refractivity contribution < 1.29 is 9.47 Å². The van der Waals surface area contributed by atoms with E-state index in [1.54, 1.807) is 0 Å². The molecule has 2 atom stereocenters. The highest BCUT2D eigenvalue weighted by Crippen LogP contribution is 2.42. The van der Waals surface area contributed by atoms with Gasteiger partial charge in [0.05, 0.1) is 11.9 Å². The number of hydrogen-bond donors (Lipinski definition) is 0. The fraction of sp³-hybridized carbons (Fsp3) is 0.250. The molecule has 1 fully saturated rings. The summed E-state index contributed by atoms with van der Waals surface area (Å²) in [5.74, 6) is -0.745. The average Bonchev–Trinajstić information content (AvgIpc) is 2.94. The predicted octanol–water partition coefficient (Wildman–Crippen LogP) is 5.44. The van der Waals surface area contributed by atoms with Crippen molar-refractivity contribution in [1.29, 1.82) is 0 Å². The fourth-order valence-corrected chi connectivity index (χ4v) is 3.36. The van der Waals surface area contributed by atoms with Gasteiger partial charge in [-0.25, -0.2) is 0 Å². The van der Waals surface area contributed by atoms with E-state index >= 15 is 0 Å². The van der Waals surface area contributed by atoms with Gasteiger partial charge in [-0.3, -0.25) is 0 Å². The molecule has 1 aliphatic heterocycles. The van der Waals surface area contributed by atoms with Crippen LogP contribution in [0.25, 0.3) is 0 Å². The van der Waals surface area contributed by atoms with E-state index in [4.69, 9.17) is 21.1 Å². The molecule has 2 aromatic rings. The van der Waals surface area contributed by atoms with E-state index in [-0.39, 0.29) is 6.10 Å². The van der Waals surface area contributed by atoms with Crippen LogP contribution in [0.3, 0.4) is 0 Å². The van der Waals surface area contributed by atoms with Crippen molar-refractivity contribution in [1.82, 2.24) is 0 Å². The van der Waals surface area contributed by atoms with E-state index in [0.717, 1.165) is 20.6 Å². The lowest BCUT2D eigenvalue weighted by Gasteiger charge is -2.26. The molecule has 0 saturated carbocycles. The molecule has 5 heteroatoms. The maximum atomic E-state index is 6.22. The van der Waals surface area contributed by atoms with Gasteiger partial charge in [0.25, 0.3) is 0 Å². The van der Waals surface area contributed by atoms with Crippen LogP contribution in [0.1, 0.15) is 17.2 Å². The first-order valence-electron chi connectivity index (χ1n) is 6.52. The van der Waals surface area contributed by atoms with E-state index in [0.29, 0.717) is 11.9 Å². The lowest BCUT2D eigenvalue weighted by Crippen LogP contribution is -2.29. The van der Waals surface area contributed by atoms with Gasteiger partial charge in [0.2, 0.25) is 5.79 Å². The normalized spacial score (nSPS) is 25.2. The van der Waals surface area contributed by atoms with E-state index < -0.39 is 5.79 Å². The summed E-state index contributed by atoms with van der Waals surface area (Å²) in [6.07, 6.45) is -0.0940. The lowest BCUT2D eigenvalue weighted by atomic mass is 10.1. The van der Waals surface area contributed by atoms with Gasteiger partial charge in [-0.05, 0) is 29.8 Å². The molecule has 0 aliphatic carbocycles. The maximum Gasteiger partial charge on any atom is 0.205 e. The molecular formula is C16H13Br2ClO2. The van der Waals surface area contributed by atoms with Crippen molar-refractivity contribution in [3.8, 4) is 0 Å². The summed E-state index contributed by atoms with van der Waals surface area (Å²) in [4.78, 5) is 0. The van der Waals surface area contributed by atoms with Crippen molar-refractivity contribution in [2.75, 3.05) is 11.9 Å². The van der Waals surface area contributed by atoms with Crippen LogP contribution >= 0.6 is 43.5 Å². The minimum atomic E-state index is -0.745. The number of hydrogen-bond acceptors (Lipinski definition) is 2. The summed E-state index contributed by atoms with van der Waals surface area (Å²) < 4.78 is 13.2. The van der Waals surface area contributed by atoms with Crippen molar-refractivity contribution >= 4 is 43.5 Å². The smallest absolute Gasteiger partial charge is 0.205 e. The summed E-state index contributed by atoms with van der Waals surface area (Å²) in [7, 11) is 0. The van der Waals surface area contributed by atoms with Crippen LogP contribution in [-0.4, -0.2) is 11.9 Å². The van der Waals surface area contributed by atoms with Crippen LogP contribution in [0.15, 0.2) is 53.0 Å². The molecule has 3 rings (SSSR count). The standard InChI is InChI=1S/C16H13Br2ClO2/c17-10-16(12-3-5-13(18)6-4-12)20-9-15(21-16)11-1-7-14(19)8-2-11/h1-8,15H,9-10H2/t15-,16-/m1/s1. The number of rotatable bonds is 3. The van der Waals surface area contributed by atoms with Crippen molar-refractivity contribution in [2.45, 2.75) is 11.9 Å². The molecule has 110 valence electrons. The first kappa shape index (κ1) is 15.5. The highest BCUT2D eigenvalue weighted by atomic mass is 79.9. The third-order valence-corrected chi connectivity index (χ3v) is 5.02. The van der Waals surface area contributed by atoms with Crippen LogP contribution in [-0.2, 0) is 15.3 Å². The summed E-state index contributed by atoms with van der Waals surface area (Å²) in [6, 6.07) is 15.7. The van der Waals surface area contributed by atoms with Crippen molar-refractivity contribution in [2.24, 2.45) is 0 Å². The summed E-state index contributed by atoms with van der Waals surface area (Å²) in [5, 5.41) is 1.29. The molecule has 0 amide bonds. The molecule has 0 unspecified atom stereocenters. The zero-order chi connectivity index (χ0) is 14.9. The topological polar surface area (TPSA) is 18.5 Å². The Bertz CT molecular complexity index is 615. The minimum Gasteiger partial charge on any atom is -0.342 e. The van der Waals surface area contributed by atoms with E-state index in [2.05, 4.69) is 31.9 Å². The highest BCUT2D eigenvalue weighted by Gasteiger charge is 2.42. The van der Waals surface area contributed by atoms with Crippen LogP contribution in [0.5, 0.6) is 0 Å². The van der Waals surface area contributed by atoms with E-state index in [9.17, 15) is 0 Å². The van der Waals surface area contributed by atoms with Gasteiger partial charge in [-0.15, -0.1) is 0 Å². The third kappa shape index (κ3) is 3.20. The first-order chi connectivity index (χ1) is 10.1. The molecule has 1 aliphatic rings. The Balaban J connectivity index is 1.85. The molecule has 0 N–H and O–H groups in total. The van der Waals surface area contributed by atoms with Gasteiger partial charge < -0.3 is 9.47 Å². The molecule has 2 aromatic carbocycles. The van der Waals surface area contributed by atoms with Crippen molar-refractivity contribution in [3.63, 3.8) is 0 Å². The Kier molecular flexibility index (Phi) is 4.71. The van der Waals surface area contributed by atoms with Gasteiger partial charge in [0.15, 0.2) is 0 Å². The van der Waals surface area contributed by atoms with Crippen LogP contribution < -0.4 is 0 Å².